The number of carbonyl (C=O) groups is 3. The van der Waals surface area contributed by atoms with Crippen LogP contribution in [0.15, 0.2) is 0 Å². The maximum absolute atomic E-state index is 12.9. The van der Waals surface area contributed by atoms with E-state index in [1.807, 2.05) is 6.92 Å². The number of carbonyl (C=O) groups excluding carboxylic acids is 3. The quantitative estimate of drug-likeness (QED) is 0.0412. The molecule has 9 heteroatoms. The van der Waals surface area contributed by atoms with Gasteiger partial charge in [0, 0.05) is 33.0 Å². The van der Waals surface area contributed by atoms with Gasteiger partial charge >= 0.3 is 18.0 Å². The number of aliphatic hydroxyl groups excluding tert-OH is 1. The fraction of sp³-hybridized carbons (Fsp3) is 0.941. The third kappa shape index (κ3) is 41.5. The average molecular weight is 852 g/mol. The topological polar surface area (TPSA) is 117 Å². The molecule has 0 rings (SSSR count). The Morgan fingerprint density at radius 3 is 1.40 bits per heavy atom. The normalized spacial score (nSPS) is 12.5. The number of hydrogen-bond acceptors (Lipinski definition) is 7. The molecule has 0 fully saturated rings. The molecule has 3 N–H and O–H groups in total. The summed E-state index contributed by atoms with van der Waals surface area (Å²) in [5.41, 5.74) is 0. The van der Waals surface area contributed by atoms with Crippen LogP contribution in [0.25, 0.3) is 0 Å². The van der Waals surface area contributed by atoms with E-state index in [9.17, 15) is 19.5 Å². The van der Waals surface area contributed by atoms with Crippen LogP contribution >= 0.6 is 0 Å². The molecule has 0 radical (unpaired) electrons. The highest BCUT2D eigenvalue weighted by molar-refractivity contribution is 5.73. The zero-order chi connectivity index (χ0) is 44.2. The monoisotopic (exact) mass is 852 g/mol. The standard InChI is InChI=1S/C51H101N3O6/c1-6-9-12-15-18-19-21-27-36-46(4)59-49(56)40-31-26-35-44-54(45-47(55)37-32-33-42-53-51(58)52-5)43-34-25-20-24-30-41-50(57)60-48(38-28-22-16-13-10-7-2)39-29-23-17-14-11-8-3/h46-48,55H,6-45H2,1-5H3,(H2,52,53,58). The molecular formula is C51H101N3O6. The molecule has 0 aromatic heterocycles. The van der Waals surface area contributed by atoms with Crippen molar-refractivity contribution in [1.29, 1.82) is 0 Å². The molecule has 60 heavy (non-hydrogen) atoms. The summed E-state index contributed by atoms with van der Waals surface area (Å²) >= 11 is 0. The number of nitrogens with zero attached hydrogens (tertiary/aromatic N) is 1. The number of aliphatic hydroxyl groups is 1. The first-order valence-corrected chi connectivity index (χ1v) is 26.0. The lowest BCUT2D eigenvalue weighted by atomic mass is 10.0. The summed E-state index contributed by atoms with van der Waals surface area (Å²) < 4.78 is 11.8. The van der Waals surface area contributed by atoms with Gasteiger partial charge in [-0.25, -0.2) is 4.79 Å². The van der Waals surface area contributed by atoms with Crippen molar-refractivity contribution >= 4 is 18.0 Å². The molecule has 0 aromatic rings. The summed E-state index contributed by atoms with van der Waals surface area (Å²) in [6.45, 7) is 11.9. The van der Waals surface area contributed by atoms with Crippen molar-refractivity contribution in [2.45, 2.75) is 277 Å². The highest BCUT2D eigenvalue weighted by atomic mass is 16.5. The van der Waals surface area contributed by atoms with Crippen LogP contribution in [0.1, 0.15) is 259 Å². The minimum Gasteiger partial charge on any atom is -0.463 e. The van der Waals surface area contributed by atoms with E-state index < -0.39 is 6.10 Å². The Morgan fingerprint density at radius 2 is 0.900 bits per heavy atom. The molecular weight excluding hydrogens is 751 g/mol. The van der Waals surface area contributed by atoms with E-state index in [1.165, 1.54) is 109 Å². The number of ether oxygens (including phenoxy) is 2. The lowest BCUT2D eigenvalue weighted by Gasteiger charge is -2.25. The largest absolute Gasteiger partial charge is 0.463 e. The van der Waals surface area contributed by atoms with Crippen molar-refractivity contribution in [1.82, 2.24) is 15.5 Å². The predicted molar refractivity (Wildman–Crippen MR) is 254 cm³/mol. The highest BCUT2D eigenvalue weighted by Gasteiger charge is 2.16. The number of urea groups is 1. The fourth-order valence-electron chi connectivity index (χ4n) is 8.12. The summed E-state index contributed by atoms with van der Waals surface area (Å²) in [5.74, 6) is -0.0854. The predicted octanol–water partition coefficient (Wildman–Crippen LogP) is 13.5. The van der Waals surface area contributed by atoms with E-state index in [1.54, 1.807) is 7.05 Å². The smallest absolute Gasteiger partial charge is 0.314 e. The van der Waals surface area contributed by atoms with E-state index in [0.29, 0.717) is 32.4 Å². The molecule has 2 atom stereocenters. The molecule has 0 spiro atoms. The summed E-state index contributed by atoms with van der Waals surface area (Å²) in [6.07, 6.45) is 39.5. The van der Waals surface area contributed by atoms with Crippen molar-refractivity contribution in [2.24, 2.45) is 0 Å². The van der Waals surface area contributed by atoms with Gasteiger partial charge in [0.2, 0.25) is 0 Å². The molecule has 2 amide bonds. The molecule has 0 aliphatic rings. The fourth-order valence-corrected chi connectivity index (χ4v) is 8.12. The van der Waals surface area contributed by atoms with Crippen molar-refractivity contribution in [2.75, 3.05) is 33.2 Å². The molecule has 0 heterocycles. The molecule has 0 saturated heterocycles. The molecule has 9 nitrogen and oxygen atoms in total. The minimum atomic E-state index is -0.403. The van der Waals surface area contributed by atoms with Gasteiger partial charge in [0.05, 0.1) is 12.2 Å². The second-order valence-electron chi connectivity index (χ2n) is 18.1. The van der Waals surface area contributed by atoms with Gasteiger partial charge in [-0.2, -0.15) is 0 Å². The van der Waals surface area contributed by atoms with Crippen LogP contribution in [0, 0.1) is 0 Å². The van der Waals surface area contributed by atoms with Gasteiger partial charge in [0.1, 0.15) is 6.10 Å². The van der Waals surface area contributed by atoms with Crippen LogP contribution in [-0.4, -0.2) is 79.5 Å². The molecule has 0 aliphatic heterocycles. The van der Waals surface area contributed by atoms with Crippen LogP contribution in [-0.2, 0) is 19.1 Å². The SMILES string of the molecule is CCCCCCCCCCC(C)OC(=O)CCCCCN(CCCCCCCC(=O)OC(CCCCCCCC)CCCCCCCC)CC(O)CCCCNC(=O)NC. The third-order valence-corrected chi connectivity index (χ3v) is 12.0. The van der Waals surface area contributed by atoms with E-state index >= 15 is 0 Å². The van der Waals surface area contributed by atoms with Crippen LogP contribution in [0.4, 0.5) is 4.79 Å². The lowest BCUT2D eigenvalue weighted by Crippen LogP contribution is -2.35. The number of nitrogens with one attached hydrogen (secondary N) is 2. The van der Waals surface area contributed by atoms with Crippen LogP contribution < -0.4 is 10.6 Å². The molecule has 0 saturated carbocycles. The Labute approximate surface area is 371 Å². The molecule has 0 aliphatic carbocycles. The summed E-state index contributed by atoms with van der Waals surface area (Å²) in [7, 11) is 1.61. The van der Waals surface area contributed by atoms with Gasteiger partial charge in [0.15, 0.2) is 0 Å². The molecule has 0 aromatic carbocycles. The second-order valence-corrected chi connectivity index (χ2v) is 18.1. The second kappa shape index (κ2) is 45.2. The highest BCUT2D eigenvalue weighted by Crippen LogP contribution is 2.19. The first kappa shape index (κ1) is 58.1. The van der Waals surface area contributed by atoms with E-state index in [-0.39, 0.29) is 30.2 Å². The maximum Gasteiger partial charge on any atom is 0.314 e. The first-order valence-electron chi connectivity index (χ1n) is 26.0. The third-order valence-electron chi connectivity index (χ3n) is 12.0. The number of amides is 2. The molecule has 0 bridgehead atoms. The summed E-state index contributed by atoms with van der Waals surface area (Å²) in [4.78, 5) is 39.2. The van der Waals surface area contributed by atoms with E-state index in [4.69, 9.17) is 9.47 Å². The Balaban J connectivity index is 4.59. The first-order chi connectivity index (χ1) is 29.2. The Kier molecular flexibility index (Phi) is 43.8. The van der Waals surface area contributed by atoms with Crippen molar-refractivity contribution in [3.8, 4) is 0 Å². The van der Waals surface area contributed by atoms with Crippen molar-refractivity contribution < 1.29 is 29.0 Å². The van der Waals surface area contributed by atoms with Crippen molar-refractivity contribution in [3.63, 3.8) is 0 Å². The molecule has 2 unspecified atom stereocenters. The van der Waals surface area contributed by atoms with Gasteiger partial charge in [-0.15, -0.1) is 0 Å². The average Bonchev–Trinajstić information content (AvgIpc) is 3.23. The Bertz CT molecular complexity index is 936. The number of rotatable bonds is 46. The van der Waals surface area contributed by atoms with Crippen LogP contribution in [0.3, 0.4) is 0 Å². The molecule has 356 valence electrons. The Morgan fingerprint density at radius 1 is 0.500 bits per heavy atom. The van der Waals surface area contributed by atoms with Gasteiger partial charge in [0.25, 0.3) is 0 Å². The van der Waals surface area contributed by atoms with Crippen LogP contribution in [0.2, 0.25) is 0 Å². The summed E-state index contributed by atoms with van der Waals surface area (Å²) in [6, 6.07) is -0.172. The zero-order valence-electron chi connectivity index (χ0n) is 40.5. The van der Waals surface area contributed by atoms with E-state index in [2.05, 4.69) is 36.3 Å². The zero-order valence-corrected chi connectivity index (χ0v) is 40.5. The lowest BCUT2D eigenvalue weighted by molar-refractivity contribution is -0.150. The van der Waals surface area contributed by atoms with Gasteiger partial charge < -0.3 is 30.1 Å². The van der Waals surface area contributed by atoms with Crippen LogP contribution in [0.5, 0.6) is 0 Å². The number of hydrogen-bond donors (Lipinski definition) is 3. The summed E-state index contributed by atoms with van der Waals surface area (Å²) in [5, 5.41) is 16.3. The minimum absolute atomic E-state index is 0.00485. The van der Waals surface area contributed by atoms with E-state index in [0.717, 1.165) is 116 Å². The number of unbranched alkanes of at least 4 members (excludes halogenated alkanes) is 24. The maximum atomic E-state index is 12.9. The Hall–Kier alpha value is -1.87. The van der Waals surface area contributed by atoms with Gasteiger partial charge in [-0.1, -0.05) is 156 Å². The van der Waals surface area contributed by atoms with Crippen molar-refractivity contribution in [3.05, 3.63) is 0 Å². The van der Waals surface area contributed by atoms with Gasteiger partial charge in [-0.05, 0) is 103 Å². The number of esters is 2. The van der Waals surface area contributed by atoms with Gasteiger partial charge in [-0.3, -0.25) is 9.59 Å².